The van der Waals surface area contributed by atoms with Crippen molar-refractivity contribution in [3.8, 4) is 11.8 Å². The number of carboxylic acid groups (broad SMARTS) is 1. The molecule has 29 heavy (non-hydrogen) atoms. The summed E-state index contributed by atoms with van der Waals surface area (Å²) in [5.41, 5.74) is 2.88. The normalized spacial score (nSPS) is 12.0. The van der Waals surface area contributed by atoms with E-state index in [0.29, 0.717) is 18.7 Å². The molecule has 0 aliphatic heterocycles. The standard InChI is InChI=1S/C22H20N4O3/c27-21(28)20(12-16-14-26-19-8-2-1-7-18(16)19)25-13-15-5-3-6-17(11-15)29-22-23-9-4-10-24-22/h1-11,14,20,25-26H,12-13H2,(H,27,28)/t20-/m0/s1. The number of aliphatic carboxylic acids is 1. The van der Waals surface area contributed by atoms with Crippen molar-refractivity contribution in [2.75, 3.05) is 0 Å². The molecule has 0 amide bonds. The molecule has 0 spiro atoms. The number of aromatic amines is 1. The van der Waals surface area contributed by atoms with E-state index in [0.717, 1.165) is 22.0 Å². The molecule has 0 radical (unpaired) electrons. The third-order valence-electron chi connectivity index (χ3n) is 4.60. The van der Waals surface area contributed by atoms with Crippen LogP contribution in [0.5, 0.6) is 11.8 Å². The minimum atomic E-state index is -0.889. The highest BCUT2D eigenvalue weighted by atomic mass is 16.5. The smallest absolute Gasteiger partial charge is 0.321 e. The monoisotopic (exact) mass is 388 g/mol. The Morgan fingerprint density at radius 1 is 1.10 bits per heavy atom. The number of benzene rings is 2. The quantitative estimate of drug-likeness (QED) is 0.427. The molecule has 2 heterocycles. The highest BCUT2D eigenvalue weighted by Crippen LogP contribution is 2.20. The molecule has 0 fully saturated rings. The molecular weight excluding hydrogens is 368 g/mol. The van der Waals surface area contributed by atoms with Crippen LogP contribution in [0.15, 0.2) is 73.2 Å². The second-order valence-electron chi connectivity index (χ2n) is 6.62. The second-order valence-corrected chi connectivity index (χ2v) is 6.62. The number of carbonyl (C=O) groups is 1. The summed E-state index contributed by atoms with van der Waals surface area (Å²) in [4.78, 5) is 23.0. The first-order chi connectivity index (χ1) is 14.2. The fourth-order valence-corrected chi connectivity index (χ4v) is 3.17. The van der Waals surface area contributed by atoms with E-state index in [1.807, 2.05) is 48.7 Å². The van der Waals surface area contributed by atoms with Crippen molar-refractivity contribution in [2.24, 2.45) is 0 Å². The van der Waals surface area contributed by atoms with E-state index in [9.17, 15) is 9.90 Å². The maximum atomic E-state index is 11.8. The fraction of sp³-hybridized carbons (Fsp3) is 0.136. The summed E-state index contributed by atoms with van der Waals surface area (Å²) in [6.45, 7) is 0.395. The summed E-state index contributed by atoms with van der Waals surface area (Å²) in [7, 11) is 0. The van der Waals surface area contributed by atoms with Crippen molar-refractivity contribution in [1.29, 1.82) is 0 Å². The maximum Gasteiger partial charge on any atom is 0.321 e. The molecule has 0 saturated heterocycles. The van der Waals surface area contributed by atoms with Crippen molar-refractivity contribution < 1.29 is 14.6 Å². The predicted molar refractivity (Wildman–Crippen MR) is 109 cm³/mol. The lowest BCUT2D eigenvalue weighted by molar-refractivity contribution is -0.139. The Hall–Kier alpha value is -3.71. The third kappa shape index (κ3) is 4.59. The van der Waals surface area contributed by atoms with E-state index in [4.69, 9.17) is 4.74 Å². The highest BCUT2D eigenvalue weighted by Gasteiger charge is 2.19. The van der Waals surface area contributed by atoms with Gasteiger partial charge < -0.3 is 20.1 Å². The first-order valence-corrected chi connectivity index (χ1v) is 9.24. The van der Waals surface area contributed by atoms with E-state index < -0.39 is 12.0 Å². The number of nitrogens with zero attached hydrogens (tertiary/aromatic N) is 2. The minimum Gasteiger partial charge on any atom is -0.480 e. The van der Waals surface area contributed by atoms with Gasteiger partial charge in [-0.3, -0.25) is 4.79 Å². The van der Waals surface area contributed by atoms with E-state index in [1.54, 1.807) is 24.5 Å². The number of carboxylic acids is 1. The molecule has 0 aliphatic rings. The average molecular weight is 388 g/mol. The summed E-state index contributed by atoms with van der Waals surface area (Å²) in [5, 5.41) is 13.8. The largest absolute Gasteiger partial charge is 0.480 e. The Labute approximate surface area is 167 Å². The Morgan fingerprint density at radius 3 is 2.76 bits per heavy atom. The zero-order valence-corrected chi connectivity index (χ0v) is 15.6. The molecule has 7 heteroatoms. The van der Waals surface area contributed by atoms with Crippen LogP contribution in [-0.4, -0.2) is 32.1 Å². The average Bonchev–Trinajstić information content (AvgIpc) is 3.15. The molecule has 2 aromatic carbocycles. The lowest BCUT2D eigenvalue weighted by Crippen LogP contribution is -2.38. The van der Waals surface area contributed by atoms with Crippen molar-refractivity contribution >= 4 is 16.9 Å². The van der Waals surface area contributed by atoms with Gasteiger partial charge in [-0.05, 0) is 35.4 Å². The van der Waals surface area contributed by atoms with Crippen LogP contribution in [0.4, 0.5) is 0 Å². The van der Waals surface area contributed by atoms with Crippen molar-refractivity contribution in [3.63, 3.8) is 0 Å². The Balaban J connectivity index is 1.43. The number of fused-ring (bicyclic) bond motifs is 1. The lowest BCUT2D eigenvalue weighted by atomic mass is 10.0. The van der Waals surface area contributed by atoms with Crippen LogP contribution in [0.3, 0.4) is 0 Å². The van der Waals surface area contributed by atoms with Crippen molar-refractivity contribution in [3.05, 3.63) is 84.3 Å². The van der Waals surface area contributed by atoms with Gasteiger partial charge in [-0.1, -0.05) is 30.3 Å². The van der Waals surface area contributed by atoms with Crippen LogP contribution in [0, 0.1) is 0 Å². The summed E-state index contributed by atoms with van der Waals surface area (Å²) >= 11 is 0. The van der Waals surface area contributed by atoms with Gasteiger partial charge in [-0.2, -0.15) is 0 Å². The molecule has 0 aliphatic carbocycles. The summed E-state index contributed by atoms with van der Waals surface area (Å²) in [6, 6.07) is 16.5. The minimum absolute atomic E-state index is 0.264. The Bertz CT molecular complexity index is 1110. The number of H-pyrrole nitrogens is 1. The molecule has 3 N–H and O–H groups in total. The second kappa shape index (κ2) is 8.53. The molecule has 4 rings (SSSR count). The number of hydrogen-bond acceptors (Lipinski definition) is 5. The number of nitrogens with one attached hydrogen (secondary N) is 2. The van der Waals surface area contributed by atoms with Gasteiger partial charge in [0.2, 0.25) is 0 Å². The topological polar surface area (TPSA) is 100 Å². The molecule has 0 unspecified atom stereocenters. The van der Waals surface area contributed by atoms with E-state index in [1.165, 1.54) is 0 Å². The van der Waals surface area contributed by atoms with Gasteiger partial charge in [-0.15, -0.1) is 0 Å². The fourth-order valence-electron chi connectivity index (χ4n) is 3.17. The number of ether oxygens (including phenoxy) is 1. The van der Waals surface area contributed by atoms with E-state index >= 15 is 0 Å². The molecular formula is C22H20N4O3. The molecule has 146 valence electrons. The van der Waals surface area contributed by atoms with Crippen LogP contribution in [-0.2, 0) is 17.8 Å². The molecule has 0 saturated carbocycles. The van der Waals surface area contributed by atoms with Crippen molar-refractivity contribution in [2.45, 2.75) is 19.0 Å². The van der Waals surface area contributed by atoms with Gasteiger partial charge in [0.05, 0.1) is 0 Å². The van der Waals surface area contributed by atoms with Gasteiger partial charge in [0.25, 0.3) is 0 Å². The summed E-state index contributed by atoms with van der Waals surface area (Å²) < 4.78 is 5.64. The summed E-state index contributed by atoms with van der Waals surface area (Å²) in [6.07, 6.45) is 5.47. The number of para-hydroxylation sites is 1. The van der Waals surface area contributed by atoms with E-state index in [-0.39, 0.29) is 6.01 Å². The van der Waals surface area contributed by atoms with Gasteiger partial charge in [-0.25, -0.2) is 9.97 Å². The zero-order chi connectivity index (χ0) is 20.1. The van der Waals surface area contributed by atoms with Crippen LogP contribution in [0.2, 0.25) is 0 Å². The van der Waals surface area contributed by atoms with Gasteiger partial charge in [0.15, 0.2) is 0 Å². The Morgan fingerprint density at radius 2 is 1.93 bits per heavy atom. The maximum absolute atomic E-state index is 11.8. The predicted octanol–water partition coefficient (Wildman–Crippen LogP) is 3.54. The number of rotatable bonds is 8. The molecule has 4 aromatic rings. The first kappa shape index (κ1) is 18.6. The molecule has 2 aromatic heterocycles. The highest BCUT2D eigenvalue weighted by molar-refractivity contribution is 5.84. The van der Waals surface area contributed by atoms with E-state index in [2.05, 4.69) is 20.3 Å². The van der Waals surface area contributed by atoms with Gasteiger partial charge in [0, 0.05) is 42.5 Å². The third-order valence-corrected chi connectivity index (χ3v) is 4.60. The van der Waals surface area contributed by atoms with Crippen molar-refractivity contribution in [1.82, 2.24) is 20.3 Å². The first-order valence-electron chi connectivity index (χ1n) is 9.24. The number of aromatic nitrogens is 3. The van der Waals surface area contributed by atoms with Crippen LogP contribution >= 0.6 is 0 Å². The van der Waals surface area contributed by atoms with Gasteiger partial charge >= 0.3 is 12.0 Å². The molecule has 7 nitrogen and oxygen atoms in total. The Kier molecular flexibility index (Phi) is 5.49. The van der Waals surface area contributed by atoms with Gasteiger partial charge in [0.1, 0.15) is 11.8 Å². The molecule has 1 atom stereocenters. The zero-order valence-electron chi connectivity index (χ0n) is 15.6. The SMILES string of the molecule is O=C(O)[C@H](Cc1c[nH]c2ccccc12)NCc1cccc(Oc2ncccn2)c1. The number of hydrogen-bond donors (Lipinski definition) is 3. The molecule has 0 bridgehead atoms. The van der Waals surface area contributed by atoms with Crippen LogP contribution in [0.25, 0.3) is 10.9 Å². The van der Waals surface area contributed by atoms with Crippen LogP contribution in [0.1, 0.15) is 11.1 Å². The van der Waals surface area contributed by atoms with Crippen LogP contribution < -0.4 is 10.1 Å². The summed E-state index contributed by atoms with van der Waals surface area (Å²) in [5.74, 6) is -0.292. The lowest BCUT2D eigenvalue weighted by Gasteiger charge is -2.15.